The summed E-state index contributed by atoms with van der Waals surface area (Å²) in [4.78, 5) is 38.0. The second-order valence-electron chi connectivity index (χ2n) is 6.70. The van der Waals surface area contributed by atoms with Gasteiger partial charge in [-0.15, -0.1) is 4.28 Å². The number of Topliss-reactive ketones (excluding diaryl/α,β-unsaturated/α-hetero) is 1. The Morgan fingerprint density at radius 2 is 2.04 bits per heavy atom. The standard InChI is InChI=1S/C14H22N4O7S/c19-12(10-3-1-2-6-15-10)7-16-13(20)11-5-4-9-8-17(11)14(21)18(9)25-26(22,23)24/h9-11,15H,1-8H2,(H,16,20)(H,22,23,24)/t9-,10?,11+/m1/s1. The summed E-state index contributed by atoms with van der Waals surface area (Å²) in [5, 5.41) is 6.26. The van der Waals surface area contributed by atoms with Gasteiger partial charge < -0.3 is 15.5 Å². The predicted octanol–water partition coefficient (Wildman–Crippen LogP) is -1.18. The van der Waals surface area contributed by atoms with E-state index in [1.165, 1.54) is 4.90 Å². The average molecular weight is 390 g/mol. The molecule has 0 aromatic rings. The molecule has 1 unspecified atom stereocenters. The summed E-state index contributed by atoms with van der Waals surface area (Å²) in [6.45, 7) is 0.772. The molecule has 2 bridgehead atoms. The monoisotopic (exact) mass is 390 g/mol. The predicted molar refractivity (Wildman–Crippen MR) is 87.0 cm³/mol. The lowest BCUT2D eigenvalue weighted by molar-refractivity contribution is -0.129. The SMILES string of the molecule is O=C(CNC(=O)[C@@H]1CC[C@@H]2CN1C(=O)N2OS(=O)(=O)O)C1CCCCN1. The molecular weight excluding hydrogens is 368 g/mol. The van der Waals surface area contributed by atoms with Gasteiger partial charge in [-0.25, -0.2) is 4.79 Å². The summed E-state index contributed by atoms with van der Waals surface area (Å²) in [6, 6.07) is -2.42. The molecule has 3 aliphatic rings. The van der Waals surface area contributed by atoms with Crippen molar-refractivity contribution in [3.05, 3.63) is 0 Å². The van der Waals surface area contributed by atoms with Crippen LogP contribution in [-0.2, 0) is 24.3 Å². The molecule has 3 rings (SSSR count). The number of fused-ring (bicyclic) bond motifs is 2. The van der Waals surface area contributed by atoms with Gasteiger partial charge in [-0.2, -0.15) is 13.5 Å². The van der Waals surface area contributed by atoms with E-state index < -0.39 is 34.4 Å². The van der Waals surface area contributed by atoms with Gasteiger partial charge in [0.25, 0.3) is 0 Å². The maximum absolute atomic E-state index is 12.4. The molecule has 3 fully saturated rings. The van der Waals surface area contributed by atoms with Crippen LogP contribution in [0.5, 0.6) is 0 Å². The molecule has 11 nitrogen and oxygen atoms in total. The van der Waals surface area contributed by atoms with Crippen molar-refractivity contribution in [2.24, 2.45) is 0 Å². The minimum absolute atomic E-state index is 0.101. The van der Waals surface area contributed by atoms with Gasteiger partial charge in [0, 0.05) is 6.54 Å². The molecule has 0 radical (unpaired) electrons. The first-order valence-electron chi connectivity index (χ1n) is 8.57. The molecule has 3 amide bonds. The lowest BCUT2D eigenvalue weighted by Gasteiger charge is -2.29. The number of amides is 3. The van der Waals surface area contributed by atoms with Crippen molar-refractivity contribution in [3.63, 3.8) is 0 Å². The first kappa shape index (κ1) is 19.0. The molecule has 3 N–H and O–H groups in total. The molecule has 26 heavy (non-hydrogen) atoms. The van der Waals surface area contributed by atoms with E-state index in [1.807, 2.05) is 0 Å². The summed E-state index contributed by atoms with van der Waals surface area (Å²) in [5.74, 6) is -0.564. The Balaban J connectivity index is 1.56. The van der Waals surface area contributed by atoms with E-state index in [9.17, 15) is 22.8 Å². The van der Waals surface area contributed by atoms with E-state index in [2.05, 4.69) is 14.9 Å². The second kappa shape index (κ2) is 7.47. The van der Waals surface area contributed by atoms with E-state index in [-0.39, 0.29) is 24.9 Å². The zero-order valence-corrected chi connectivity index (χ0v) is 14.9. The van der Waals surface area contributed by atoms with E-state index in [0.717, 1.165) is 25.8 Å². The Morgan fingerprint density at radius 1 is 1.27 bits per heavy atom. The second-order valence-corrected chi connectivity index (χ2v) is 7.70. The van der Waals surface area contributed by atoms with E-state index in [1.54, 1.807) is 0 Å². The number of piperidine rings is 2. The number of rotatable bonds is 6. The summed E-state index contributed by atoms with van der Waals surface area (Å²) in [6.07, 6.45) is 3.38. The lowest BCUT2D eigenvalue weighted by Crippen LogP contribution is -2.52. The van der Waals surface area contributed by atoms with Crippen LogP contribution in [0.3, 0.4) is 0 Å². The van der Waals surface area contributed by atoms with Crippen molar-refractivity contribution >= 4 is 28.1 Å². The van der Waals surface area contributed by atoms with Crippen molar-refractivity contribution in [1.29, 1.82) is 0 Å². The molecule has 0 spiro atoms. The van der Waals surface area contributed by atoms with Gasteiger partial charge in [0.15, 0.2) is 5.78 Å². The van der Waals surface area contributed by atoms with Crippen molar-refractivity contribution < 1.29 is 31.6 Å². The summed E-state index contributed by atoms with van der Waals surface area (Å²) in [7, 11) is -4.82. The van der Waals surface area contributed by atoms with Gasteiger partial charge in [-0.3, -0.25) is 14.1 Å². The fourth-order valence-corrected chi connectivity index (χ4v) is 4.03. The van der Waals surface area contributed by atoms with Crippen LogP contribution >= 0.6 is 0 Å². The number of urea groups is 1. The summed E-state index contributed by atoms with van der Waals surface area (Å²) < 4.78 is 34.8. The van der Waals surface area contributed by atoms with E-state index >= 15 is 0 Å². The molecule has 146 valence electrons. The Labute approximate surface area is 150 Å². The molecule has 3 aliphatic heterocycles. The zero-order chi connectivity index (χ0) is 18.9. The first-order chi connectivity index (χ1) is 12.3. The third-order valence-electron chi connectivity index (χ3n) is 4.94. The van der Waals surface area contributed by atoms with Crippen LogP contribution in [0.15, 0.2) is 0 Å². The number of hydrogen-bond acceptors (Lipinski definition) is 7. The number of hydrogen-bond donors (Lipinski definition) is 3. The van der Waals surface area contributed by atoms with Crippen LogP contribution in [0.4, 0.5) is 4.79 Å². The van der Waals surface area contributed by atoms with Crippen LogP contribution in [0.2, 0.25) is 0 Å². The smallest absolute Gasteiger partial charge is 0.347 e. The third kappa shape index (κ3) is 4.14. The lowest BCUT2D eigenvalue weighted by atomic mass is 9.99. The maximum atomic E-state index is 12.4. The molecule has 3 atom stereocenters. The van der Waals surface area contributed by atoms with Crippen molar-refractivity contribution in [3.8, 4) is 0 Å². The minimum Gasteiger partial charge on any atom is -0.347 e. The number of ketones is 1. The van der Waals surface area contributed by atoms with Gasteiger partial charge >= 0.3 is 16.4 Å². The quantitative estimate of drug-likeness (QED) is 0.480. The van der Waals surface area contributed by atoms with Crippen LogP contribution in [0, 0.1) is 0 Å². The van der Waals surface area contributed by atoms with Crippen LogP contribution < -0.4 is 10.6 Å². The van der Waals surface area contributed by atoms with E-state index in [4.69, 9.17) is 4.55 Å². The molecule has 3 heterocycles. The minimum atomic E-state index is -4.82. The Bertz CT molecular complexity index is 691. The molecule has 0 aromatic carbocycles. The third-order valence-corrected chi connectivity index (χ3v) is 5.28. The topological polar surface area (TPSA) is 145 Å². The normalized spacial score (nSPS) is 29.0. The number of hydroxylamine groups is 2. The fourth-order valence-electron chi connectivity index (χ4n) is 3.65. The van der Waals surface area contributed by atoms with E-state index in [0.29, 0.717) is 17.9 Å². The fraction of sp³-hybridized carbons (Fsp3) is 0.786. The Kier molecular flexibility index (Phi) is 5.46. The highest BCUT2D eigenvalue weighted by Gasteiger charge is 2.49. The highest BCUT2D eigenvalue weighted by molar-refractivity contribution is 7.80. The number of nitrogens with zero attached hydrogens (tertiary/aromatic N) is 2. The molecule has 0 aliphatic carbocycles. The first-order valence-corrected chi connectivity index (χ1v) is 9.93. The zero-order valence-electron chi connectivity index (χ0n) is 14.1. The average Bonchev–Trinajstić information content (AvgIpc) is 2.84. The highest BCUT2D eigenvalue weighted by atomic mass is 32.3. The van der Waals surface area contributed by atoms with Crippen molar-refractivity contribution in [2.45, 2.75) is 50.2 Å². The molecule has 12 heteroatoms. The largest absolute Gasteiger partial charge is 0.418 e. The molecule has 0 saturated carbocycles. The number of carbonyl (C=O) groups excluding carboxylic acids is 3. The van der Waals surface area contributed by atoms with Crippen LogP contribution in [0.25, 0.3) is 0 Å². The van der Waals surface area contributed by atoms with Crippen molar-refractivity contribution in [1.82, 2.24) is 20.6 Å². The maximum Gasteiger partial charge on any atom is 0.418 e. The van der Waals surface area contributed by atoms with Crippen molar-refractivity contribution in [2.75, 3.05) is 19.6 Å². The molecular formula is C14H22N4O7S. The van der Waals surface area contributed by atoms with Gasteiger partial charge in [-0.1, -0.05) is 6.42 Å². The van der Waals surface area contributed by atoms with Gasteiger partial charge in [0.2, 0.25) is 5.91 Å². The van der Waals surface area contributed by atoms with Gasteiger partial charge in [0.05, 0.1) is 18.6 Å². The Hall–Kier alpha value is -1.76. The summed E-state index contributed by atoms with van der Waals surface area (Å²) in [5.41, 5.74) is 0. The number of carbonyl (C=O) groups is 3. The summed E-state index contributed by atoms with van der Waals surface area (Å²) >= 11 is 0. The Morgan fingerprint density at radius 3 is 2.69 bits per heavy atom. The highest BCUT2D eigenvalue weighted by Crippen LogP contribution is 2.30. The van der Waals surface area contributed by atoms with Gasteiger partial charge in [-0.05, 0) is 32.2 Å². The van der Waals surface area contributed by atoms with Crippen LogP contribution in [-0.4, -0.2) is 78.4 Å². The molecule has 3 saturated heterocycles. The number of nitrogens with one attached hydrogen (secondary N) is 2. The van der Waals surface area contributed by atoms with Gasteiger partial charge in [0.1, 0.15) is 6.04 Å². The van der Waals surface area contributed by atoms with Crippen LogP contribution in [0.1, 0.15) is 32.1 Å². The molecule has 0 aromatic heterocycles.